The Bertz CT molecular complexity index is 706. The largest absolute Gasteiger partial charge is 0.344 e. The van der Waals surface area contributed by atoms with Crippen molar-refractivity contribution in [2.45, 2.75) is 38.3 Å². The molecule has 1 aliphatic rings. The monoisotopic (exact) mass is 338 g/mol. The second kappa shape index (κ2) is 8.37. The standard InChI is InChI=1S/C19H22N4O2/c24-18(9-8-16-13-20-10-11-21-16)22-17-7-4-12-23(19(17)25)14-15-5-2-1-3-6-15/h1-3,5-6,10-11,13,17H,4,7-9,12,14H2,(H,22,24)/t17-/m0/s1. The van der Waals surface area contributed by atoms with Gasteiger partial charge in [-0.05, 0) is 24.8 Å². The molecule has 3 rings (SSSR count). The van der Waals surface area contributed by atoms with Gasteiger partial charge >= 0.3 is 0 Å². The molecule has 0 bridgehead atoms. The third-order valence-electron chi connectivity index (χ3n) is 4.31. The Morgan fingerprint density at radius 2 is 2.08 bits per heavy atom. The van der Waals surface area contributed by atoms with Crippen LogP contribution in [0, 0.1) is 0 Å². The van der Waals surface area contributed by atoms with E-state index in [1.165, 1.54) is 0 Å². The highest BCUT2D eigenvalue weighted by molar-refractivity contribution is 5.88. The Balaban J connectivity index is 1.51. The molecule has 2 amide bonds. The quantitative estimate of drug-likeness (QED) is 0.870. The van der Waals surface area contributed by atoms with Crippen LogP contribution in [0.3, 0.4) is 0 Å². The van der Waals surface area contributed by atoms with Crippen LogP contribution in [0.4, 0.5) is 0 Å². The topological polar surface area (TPSA) is 75.2 Å². The molecule has 1 fully saturated rings. The zero-order chi connectivity index (χ0) is 17.5. The van der Waals surface area contributed by atoms with E-state index in [0.29, 0.717) is 25.8 Å². The van der Waals surface area contributed by atoms with Gasteiger partial charge < -0.3 is 10.2 Å². The van der Waals surface area contributed by atoms with Crippen LogP contribution in [0.1, 0.15) is 30.5 Å². The molecule has 1 saturated heterocycles. The van der Waals surface area contributed by atoms with E-state index >= 15 is 0 Å². The van der Waals surface area contributed by atoms with E-state index in [0.717, 1.165) is 24.2 Å². The van der Waals surface area contributed by atoms with Crippen LogP contribution in [-0.2, 0) is 22.6 Å². The summed E-state index contributed by atoms with van der Waals surface area (Å²) >= 11 is 0. The molecule has 1 N–H and O–H groups in total. The average Bonchev–Trinajstić information content (AvgIpc) is 2.65. The van der Waals surface area contributed by atoms with Gasteiger partial charge in [-0.2, -0.15) is 0 Å². The molecule has 1 aliphatic heterocycles. The van der Waals surface area contributed by atoms with Gasteiger partial charge in [0.1, 0.15) is 6.04 Å². The van der Waals surface area contributed by atoms with Crippen LogP contribution in [0.2, 0.25) is 0 Å². The Labute approximate surface area is 147 Å². The highest BCUT2D eigenvalue weighted by Crippen LogP contribution is 2.15. The number of aryl methyl sites for hydroxylation is 1. The summed E-state index contributed by atoms with van der Waals surface area (Å²) in [5.74, 6) is -0.117. The van der Waals surface area contributed by atoms with E-state index in [2.05, 4.69) is 15.3 Å². The number of likely N-dealkylation sites (tertiary alicyclic amines) is 1. The van der Waals surface area contributed by atoms with Crippen LogP contribution < -0.4 is 5.32 Å². The molecular weight excluding hydrogens is 316 g/mol. The number of nitrogens with zero attached hydrogens (tertiary/aromatic N) is 3. The van der Waals surface area contributed by atoms with Gasteiger partial charge in [-0.3, -0.25) is 19.6 Å². The molecule has 2 heterocycles. The number of amides is 2. The SMILES string of the molecule is O=C(CCc1cnccn1)N[C@H]1CCCN(Cc2ccccc2)C1=O. The van der Waals surface area contributed by atoms with Gasteiger partial charge in [0, 0.05) is 38.1 Å². The summed E-state index contributed by atoms with van der Waals surface area (Å²) < 4.78 is 0. The van der Waals surface area contributed by atoms with Crippen LogP contribution in [-0.4, -0.2) is 39.3 Å². The van der Waals surface area contributed by atoms with Crippen LogP contribution in [0.15, 0.2) is 48.9 Å². The second-order valence-corrected chi connectivity index (χ2v) is 6.20. The molecule has 0 saturated carbocycles. The first-order valence-corrected chi connectivity index (χ1v) is 8.59. The highest BCUT2D eigenvalue weighted by atomic mass is 16.2. The number of carbonyl (C=O) groups is 2. The van der Waals surface area contributed by atoms with E-state index < -0.39 is 6.04 Å². The summed E-state index contributed by atoms with van der Waals surface area (Å²) in [6.07, 6.45) is 7.29. The molecule has 1 atom stereocenters. The molecule has 0 unspecified atom stereocenters. The molecule has 25 heavy (non-hydrogen) atoms. The lowest BCUT2D eigenvalue weighted by atomic mass is 10.0. The minimum absolute atomic E-state index is 0.00274. The molecule has 2 aromatic rings. The summed E-state index contributed by atoms with van der Waals surface area (Å²) in [7, 11) is 0. The molecule has 6 nitrogen and oxygen atoms in total. The van der Waals surface area contributed by atoms with Crippen molar-refractivity contribution in [3.8, 4) is 0 Å². The third kappa shape index (κ3) is 4.86. The van der Waals surface area contributed by atoms with Crippen molar-refractivity contribution in [3.05, 3.63) is 60.2 Å². The maximum atomic E-state index is 12.6. The van der Waals surface area contributed by atoms with Crippen molar-refractivity contribution >= 4 is 11.8 Å². The lowest BCUT2D eigenvalue weighted by Gasteiger charge is -2.32. The van der Waals surface area contributed by atoms with Crippen LogP contribution in [0.5, 0.6) is 0 Å². The van der Waals surface area contributed by atoms with E-state index in [4.69, 9.17) is 0 Å². The fourth-order valence-corrected chi connectivity index (χ4v) is 3.00. The average molecular weight is 338 g/mol. The van der Waals surface area contributed by atoms with Crippen molar-refractivity contribution < 1.29 is 9.59 Å². The zero-order valence-electron chi connectivity index (χ0n) is 14.1. The number of piperidine rings is 1. The fraction of sp³-hybridized carbons (Fsp3) is 0.368. The van der Waals surface area contributed by atoms with E-state index in [1.54, 1.807) is 18.6 Å². The number of aromatic nitrogens is 2. The Kier molecular flexibility index (Phi) is 5.72. The molecule has 1 aromatic heterocycles. The predicted molar refractivity (Wildman–Crippen MR) is 93.4 cm³/mol. The summed E-state index contributed by atoms with van der Waals surface area (Å²) in [5.41, 5.74) is 1.88. The van der Waals surface area contributed by atoms with Gasteiger partial charge in [0.15, 0.2) is 0 Å². The molecule has 0 aliphatic carbocycles. The van der Waals surface area contributed by atoms with Crippen molar-refractivity contribution in [3.63, 3.8) is 0 Å². The molecule has 0 radical (unpaired) electrons. The lowest BCUT2D eigenvalue weighted by Crippen LogP contribution is -2.51. The van der Waals surface area contributed by atoms with Crippen molar-refractivity contribution in [2.24, 2.45) is 0 Å². The third-order valence-corrected chi connectivity index (χ3v) is 4.31. The van der Waals surface area contributed by atoms with Crippen LogP contribution in [0.25, 0.3) is 0 Å². The predicted octanol–water partition coefficient (Wildman–Crippen LogP) is 1.72. The summed E-state index contributed by atoms with van der Waals surface area (Å²) in [5, 5.41) is 2.88. The van der Waals surface area contributed by atoms with Gasteiger partial charge in [0.2, 0.25) is 11.8 Å². The summed E-state index contributed by atoms with van der Waals surface area (Å²) in [6, 6.07) is 9.49. The first kappa shape index (κ1) is 17.1. The first-order valence-electron chi connectivity index (χ1n) is 8.59. The van der Waals surface area contributed by atoms with Gasteiger partial charge in [-0.15, -0.1) is 0 Å². The zero-order valence-corrected chi connectivity index (χ0v) is 14.1. The number of hydrogen-bond donors (Lipinski definition) is 1. The van der Waals surface area contributed by atoms with Crippen LogP contribution >= 0.6 is 0 Å². The second-order valence-electron chi connectivity index (χ2n) is 6.20. The number of rotatable bonds is 6. The van der Waals surface area contributed by atoms with Crippen molar-refractivity contribution in [1.29, 1.82) is 0 Å². The highest BCUT2D eigenvalue weighted by Gasteiger charge is 2.29. The molecular formula is C19H22N4O2. The maximum Gasteiger partial charge on any atom is 0.245 e. The molecule has 130 valence electrons. The number of hydrogen-bond acceptors (Lipinski definition) is 4. The summed E-state index contributed by atoms with van der Waals surface area (Å²) in [4.78, 5) is 34.8. The van der Waals surface area contributed by atoms with Gasteiger partial charge in [0.05, 0.1) is 5.69 Å². The van der Waals surface area contributed by atoms with Crippen molar-refractivity contribution in [2.75, 3.05) is 6.54 Å². The normalized spacial score (nSPS) is 17.4. The van der Waals surface area contributed by atoms with Gasteiger partial charge in [-0.25, -0.2) is 0 Å². The Hall–Kier alpha value is -2.76. The smallest absolute Gasteiger partial charge is 0.245 e. The summed E-state index contributed by atoms with van der Waals surface area (Å²) in [6.45, 7) is 1.32. The van der Waals surface area contributed by atoms with Gasteiger partial charge in [0.25, 0.3) is 0 Å². The van der Waals surface area contributed by atoms with E-state index in [1.807, 2.05) is 35.2 Å². The minimum Gasteiger partial charge on any atom is -0.344 e. The Morgan fingerprint density at radius 3 is 2.84 bits per heavy atom. The number of benzene rings is 1. The maximum absolute atomic E-state index is 12.6. The Morgan fingerprint density at radius 1 is 1.24 bits per heavy atom. The first-order chi connectivity index (χ1) is 12.2. The molecule has 6 heteroatoms. The fourth-order valence-electron chi connectivity index (χ4n) is 3.00. The van der Waals surface area contributed by atoms with Gasteiger partial charge in [-0.1, -0.05) is 30.3 Å². The lowest BCUT2D eigenvalue weighted by molar-refractivity contribution is -0.139. The molecule has 1 aromatic carbocycles. The number of nitrogens with one attached hydrogen (secondary N) is 1. The molecule has 0 spiro atoms. The van der Waals surface area contributed by atoms with E-state index in [9.17, 15) is 9.59 Å². The van der Waals surface area contributed by atoms with E-state index in [-0.39, 0.29) is 11.8 Å². The minimum atomic E-state index is -0.424. The van der Waals surface area contributed by atoms with Crippen molar-refractivity contribution in [1.82, 2.24) is 20.2 Å². The number of carbonyl (C=O) groups excluding carboxylic acids is 2.